The van der Waals surface area contributed by atoms with Gasteiger partial charge in [-0.05, 0) is 31.0 Å². The minimum Gasteiger partial charge on any atom is -0.480 e. The summed E-state index contributed by atoms with van der Waals surface area (Å²) in [6, 6.07) is 6.83. The largest absolute Gasteiger partial charge is 0.480 e. The molecule has 0 amide bonds. The van der Waals surface area contributed by atoms with Gasteiger partial charge in [0.05, 0.1) is 24.1 Å². The Balaban J connectivity index is 1.75. The predicted molar refractivity (Wildman–Crippen MR) is 92.4 cm³/mol. The summed E-state index contributed by atoms with van der Waals surface area (Å²) in [5.41, 5.74) is -1.01. The maximum absolute atomic E-state index is 12.9. The fourth-order valence-electron chi connectivity index (χ4n) is 2.85. The van der Waals surface area contributed by atoms with Crippen LogP contribution in [0.4, 0.5) is 13.2 Å². The molecule has 1 atom stereocenters. The molecule has 1 saturated heterocycles. The van der Waals surface area contributed by atoms with E-state index in [1.807, 2.05) is 0 Å². The number of sulfonamides is 1. The van der Waals surface area contributed by atoms with Gasteiger partial charge in [-0.25, -0.2) is 8.42 Å². The molecule has 1 aliphatic rings. The Kier molecular flexibility index (Phi) is 5.75. The highest BCUT2D eigenvalue weighted by molar-refractivity contribution is 7.89. The van der Waals surface area contributed by atoms with Crippen molar-refractivity contribution in [3.05, 3.63) is 42.0 Å². The number of hydrogen-bond donors (Lipinski definition) is 0. The zero-order valence-corrected chi connectivity index (χ0v) is 15.7. The highest BCUT2D eigenvalue weighted by atomic mass is 32.2. The number of methoxy groups -OCH3 is 1. The van der Waals surface area contributed by atoms with Crippen molar-refractivity contribution in [1.82, 2.24) is 14.5 Å². The maximum Gasteiger partial charge on any atom is 0.416 e. The Morgan fingerprint density at radius 1 is 1.14 bits per heavy atom. The van der Waals surface area contributed by atoms with Crippen LogP contribution < -0.4 is 9.47 Å². The molecule has 1 unspecified atom stereocenters. The molecule has 2 aromatic rings. The maximum atomic E-state index is 12.9. The number of halogens is 3. The van der Waals surface area contributed by atoms with E-state index in [2.05, 4.69) is 10.2 Å². The summed E-state index contributed by atoms with van der Waals surface area (Å²) < 4.78 is 76.1. The number of piperidine rings is 1. The second kappa shape index (κ2) is 7.92. The van der Waals surface area contributed by atoms with Crippen LogP contribution in [0.25, 0.3) is 0 Å². The van der Waals surface area contributed by atoms with Crippen molar-refractivity contribution in [1.29, 1.82) is 0 Å². The third kappa shape index (κ3) is 4.53. The number of aromatic nitrogens is 2. The van der Waals surface area contributed by atoms with E-state index in [0.717, 1.165) is 22.5 Å². The highest BCUT2D eigenvalue weighted by Crippen LogP contribution is 2.31. The van der Waals surface area contributed by atoms with Crippen LogP contribution in [0.5, 0.6) is 11.8 Å². The first kappa shape index (κ1) is 20.3. The molecular weight excluding hydrogens is 399 g/mol. The van der Waals surface area contributed by atoms with Gasteiger partial charge in [0.25, 0.3) is 0 Å². The molecule has 0 aliphatic carbocycles. The third-order valence-corrected chi connectivity index (χ3v) is 6.11. The first-order valence-electron chi connectivity index (χ1n) is 8.42. The van der Waals surface area contributed by atoms with Crippen molar-refractivity contribution >= 4 is 10.0 Å². The van der Waals surface area contributed by atoms with E-state index in [1.54, 1.807) is 12.1 Å². The molecule has 0 bridgehead atoms. The van der Waals surface area contributed by atoms with Gasteiger partial charge in [0, 0.05) is 18.7 Å². The smallest absolute Gasteiger partial charge is 0.416 e. The Hall–Kier alpha value is -2.40. The molecule has 152 valence electrons. The lowest BCUT2D eigenvalue weighted by Gasteiger charge is -2.31. The average Bonchev–Trinajstić information content (AvgIpc) is 2.68. The summed E-state index contributed by atoms with van der Waals surface area (Å²) in [6.07, 6.45) is -4.02. The predicted octanol–water partition coefficient (Wildman–Crippen LogP) is 2.74. The summed E-state index contributed by atoms with van der Waals surface area (Å²) in [6.45, 7) is 0.207. The zero-order chi connectivity index (χ0) is 20.4. The minimum absolute atomic E-state index is 0.00624. The SMILES string of the molecule is COc1ccc(OC2CCCN(S(=O)(=O)c3cccc(C(F)(F)F)c3)C2)nn1. The fraction of sp³-hybridized carbons (Fsp3) is 0.412. The Labute approximate surface area is 160 Å². The van der Waals surface area contributed by atoms with Gasteiger partial charge in [0.2, 0.25) is 21.8 Å². The summed E-state index contributed by atoms with van der Waals surface area (Å²) in [5.74, 6) is 0.522. The molecule has 0 radical (unpaired) electrons. The molecule has 1 aliphatic heterocycles. The van der Waals surface area contributed by atoms with Crippen LogP contribution >= 0.6 is 0 Å². The second-order valence-electron chi connectivity index (χ2n) is 6.18. The number of rotatable bonds is 5. The molecule has 0 spiro atoms. The molecule has 1 aromatic carbocycles. The molecule has 28 heavy (non-hydrogen) atoms. The Morgan fingerprint density at radius 3 is 2.50 bits per heavy atom. The number of ether oxygens (including phenoxy) is 2. The molecule has 1 fully saturated rings. The number of alkyl halides is 3. The summed E-state index contributed by atoms with van der Waals surface area (Å²) in [5, 5.41) is 7.61. The summed E-state index contributed by atoms with van der Waals surface area (Å²) >= 11 is 0. The molecule has 1 aromatic heterocycles. The lowest BCUT2D eigenvalue weighted by molar-refractivity contribution is -0.137. The normalized spacial score (nSPS) is 18.6. The second-order valence-corrected chi connectivity index (χ2v) is 8.12. The zero-order valence-electron chi connectivity index (χ0n) is 14.9. The molecule has 0 N–H and O–H groups in total. The number of nitrogens with zero attached hydrogens (tertiary/aromatic N) is 3. The first-order valence-corrected chi connectivity index (χ1v) is 9.86. The molecule has 2 heterocycles. The van der Waals surface area contributed by atoms with E-state index in [-0.39, 0.29) is 19.0 Å². The van der Waals surface area contributed by atoms with E-state index in [1.165, 1.54) is 7.11 Å². The van der Waals surface area contributed by atoms with E-state index in [4.69, 9.17) is 9.47 Å². The van der Waals surface area contributed by atoms with E-state index >= 15 is 0 Å². The van der Waals surface area contributed by atoms with Crippen molar-refractivity contribution in [2.75, 3.05) is 20.2 Å². The van der Waals surface area contributed by atoms with Gasteiger partial charge in [0.1, 0.15) is 6.10 Å². The van der Waals surface area contributed by atoms with E-state index in [9.17, 15) is 21.6 Å². The van der Waals surface area contributed by atoms with Gasteiger partial charge < -0.3 is 9.47 Å². The lowest BCUT2D eigenvalue weighted by Crippen LogP contribution is -2.44. The van der Waals surface area contributed by atoms with Crippen LogP contribution in [0.2, 0.25) is 0 Å². The van der Waals surface area contributed by atoms with Gasteiger partial charge in [-0.1, -0.05) is 6.07 Å². The van der Waals surface area contributed by atoms with Gasteiger partial charge in [-0.3, -0.25) is 0 Å². The van der Waals surface area contributed by atoms with Crippen molar-refractivity contribution in [3.63, 3.8) is 0 Å². The monoisotopic (exact) mass is 417 g/mol. The van der Waals surface area contributed by atoms with Crippen LogP contribution in [0.1, 0.15) is 18.4 Å². The summed E-state index contributed by atoms with van der Waals surface area (Å²) in [4.78, 5) is -0.396. The van der Waals surface area contributed by atoms with Crippen LogP contribution in [0.3, 0.4) is 0 Å². The van der Waals surface area contributed by atoms with Crippen LogP contribution in [-0.2, 0) is 16.2 Å². The average molecular weight is 417 g/mol. The highest BCUT2D eigenvalue weighted by Gasteiger charge is 2.35. The fourth-order valence-corrected chi connectivity index (χ4v) is 4.41. The molecule has 3 rings (SSSR count). The van der Waals surface area contributed by atoms with Crippen molar-refractivity contribution in [2.45, 2.75) is 30.0 Å². The van der Waals surface area contributed by atoms with Crippen molar-refractivity contribution < 1.29 is 31.1 Å². The van der Waals surface area contributed by atoms with Gasteiger partial charge in [-0.15, -0.1) is 10.2 Å². The Bertz CT molecular complexity index is 920. The Morgan fingerprint density at radius 2 is 1.86 bits per heavy atom. The molecular formula is C17H18F3N3O4S. The molecule has 0 saturated carbocycles. The minimum atomic E-state index is -4.62. The first-order chi connectivity index (χ1) is 13.2. The molecule has 7 nitrogen and oxygen atoms in total. The number of hydrogen-bond acceptors (Lipinski definition) is 6. The molecule has 11 heteroatoms. The van der Waals surface area contributed by atoms with Crippen LogP contribution in [-0.4, -0.2) is 49.2 Å². The topological polar surface area (TPSA) is 81.6 Å². The van der Waals surface area contributed by atoms with Gasteiger partial charge in [0.15, 0.2) is 0 Å². The van der Waals surface area contributed by atoms with E-state index in [0.29, 0.717) is 24.8 Å². The summed E-state index contributed by atoms with van der Waals surface area (Å²) in [7, 11) is -2.64. The standard InChI is InChI=1S/C17H18F3N3O4S/c1-26-15-7-8-16(22-21-15)27-13-5-3-9-23(11-13)28(24,25)14-6-2-4-12(10-14)17(18,19)20/h2,4,6-8,10,13H,3,5,9,11H2,1H3. The van der Waals surface area contributed by atoms with Crippen LogP contribution in [0.15, 0.2) is 41.3 Å². The lowest BCUT2D eigenvalue weighted by atomic mass is 10.1. The number of benzene rings is 1. The quantitative estimate of drug-likeness (QED) is 0.744. The van der Waals surface area contributed by atoms with Gasteiger partial charge >= 0.3 is 6.18 Å². The third-order valence-electron chi connectivity index (χ3n) is 4.25. The van der Waals surface area contributed by atoms with Crippen molar-refractivity contribution in [2.24, 2.45) is 0 Å². The van der Waals surface area contributed by atoms with E-state index < -0.39 is 32.8 Å². The van der Waals surface area contributed by atoms with Crippen molar-refractivity contribution in [3.8, 4) is 11.8 Å². The van der Waals surface area contributed by atoms with Gasteiger partial charge in [-0.2, -0.15) is 17.5 Å². The van der Waals surface area contributed by atoms with Crippen LogP contribution in [0, 0.1) is 0 Å².